The molecule has 1 aliphatic rings. The van der Waals surface area contributed by atoms with Crippen molar-refractivity contribution in [1.82, 2.24) is 0 Å². The van der Waals surface area contributed by atoms with E-state index < -0.39 is 15.9 Å². The Hall–Kier alpha value is -1.62. The highest BCUT2D eigenvalue weighted by molar-refractivity contribution is 7.94. The van der Waals surface area contributed by atoms with Gasteiger partial charge in [-0.15, -0.1) is 0 Å². The van der Waals surface area contributed by atoms with Crippen molar-refractivity contribution in [1.29, 1.82) is 0 Å². The Bertz CT molecular complexity index is 645. The predicted molar refractivity (Wildman–Crippen MR) is 84.8 cm³/mol. The summed E-state index contributed by atoms with van der Waals surface area (Å²) in [6.07, 6.45) is 2.01. The third-order valence-corrected chi connectivity index (χ3v) is 4.78. The van der Waals surface area contributed by atoms with Crippen molar-refractivity contribution in [2.24, 2.45) is 5.92 Å². The van der Waals surface area contributed by atoms with Gasteiger partial charge in [0.25, 0.3) is 0 Å². The lowest BCUT2D eigenvalue weighted by Crippen LogP contribution is -2.41. The van der Waals surface area contributed by atoms with Gasteiger partial charge in [-0.25, -0.2) is 8.42 Å². The lowest BCUT2D eigenvalue weighted by molar-refractivity contribution is -0.119. The molecular formula is C16H21NO3S. The van der Waals surface area contributed by atoms with Crippen LogP contribution in [-0.2, 0) is 14.6 Å². The molecule has 5 heteroatoms. The van der Waals surface area contributed by atoms with Crippen LogP contribution >= 0.6 is 0 Å². The van der Waals surface area contributed by atoms with Gasteiger partial charge >= 0.3 is 0 Å². The summed E-state index contributed by atoms with van der Waals surface area (Å²) in [5.74, 6) is 0.151. The molecular weight excluding hydrogens is 286 g/mol. The maximum atomic E-state index is 12.5. The summed E-state index contributed by atoms with van der Waals surface area (Å²) in [6.45, 7) is 5.93. The van der Waals surface area contributed by atoms with Gasteiger partial charge < -0.3 is 4.90 Å². The van der Waals surface area contributed by atoms with Crippen LogP contribution in [0.3, 0.4) is 0 Å². The molecule has 1 aromatic rings. The fourth-order valence-corrected chi connectivity index (χ4v) is 3.66. The Kier molecular flexibility index (Phi) is 4.52. The predicted octanol–water partition coefficient (Wildman–Crippen LogP) is 2.68. The van der Waals surface area contributed by atoms with E-state index in [1.165, 1.54) is 5.41 Å². The third kappa shape index (κ3) is 3.94. The molecule has 0 saturated carbocycles. The maximum Gasteiger partial charge on any atom is 0.227 e. The summed E-state index contributed by atoms with van der Waals surface area (Å²) in [7, 11) is -3.19. The van der Waals surface area contributed by atoms with Crippen LogP contribution in [-0.4, -0.2) is 26.1 Å². The highest BCUT2D eigenvalue weighted by Gasteiger charge is 2.31. The maximum absolute atomic E-state index is 12.5. The fourth-order valence-electron chi connectivity index (χ4n) is 2.39. The molecule has 0 N–H and O–H groups in total. The number of amides is 1. The summed E-state index contributed by atoms with van der Waals surface area (Å²) in [5, 5.41) is 1.21. The van der Waals surface area contributed by atoms with Crippen molar-refractivity contribution in [3.05, 3.63) is 41.3 Å². The first kappa shape index (κ1) is 15.8. The normalized spacial score (nSPS) is 19.9. The number of aryl methyl sites for hydroxylation is 1. The number of anilines is 1. The van der Waals surface area contributed by atoms with Crippen molar-refractivity contribution in [3.63, 3.8) is 0 Å². The number of hydrogen-bond acceptors (Lipinski definition) is 3. The summed E-state index contributed by atoms with van der Waals surface area (Å²) in [5.41, 5.74) is 1.85. The number of nitrogens with zero attached hydrogens (tertiary/aromatic N) is 1. The molecule has 0 fully saturated rings. The molecule has 1 atom stereocenters. The van der Waals surface area contributed by atoms with E-state index in [1.54, 1.807) is 11.0 Å². The van der Waals surface area contributed by atoms with Gasteiger partial charge in [0.05, 0.1) is 11.8 Å². The highest BCUT2D eigenvalue weighted by atomic mass is 32.2. The van der Waals surface area contributed by atoms with Crippen molar-refractivity contribution < 1.29 is 13.2 Å². The van der Waals surface area contributed by atoms with E-state index in [4.69, 9.17) is 0 Å². The first-order valence-electron chi connectivity index (χ1n) is 7.08. The van der Waals surface area contributed by atoms with Crippen LogP contribution in [0.5, 0.6) is 0 Å². The molecule has 4 nitrogen and oxygen atoms in total. The highest BCUT2D eigenvalue weighted by Crippen LogP contribution is 2.25. The second-order valence-corrected chi connectivity index (χ2v) is 7.85. The molecule has 0 bridgehead atoms. The van der Waals surface area contributed by atoms with E-state index in [-0.39, 0.29) is 17.6 Å². The zero-order chi connectivity index (χ0) is 15.6. The molecule has 1 aliphatic heterocycles. The minimum Gasteiger partial charge on any atom is -0.304 e. The van der Waals surface area contributed by atoms with Crippen LogP contribution in [0.25, 0.3) is 0 Å². The van der Waals surface area contributed by atoms with Crippen LogP contribution in [0.4, 0.5) is 5.69 Å². The summed E-state index contributed by atoms with van der Waals surface area (Å²) in [4.78, 5) is 14.1. The van der Waals surface area contributed by atoms with E-state index in [0.717, 1.165) is 11.3 Å². The molecule has 0 aromatic heterocycles. The Morgan fingerprint density at radius 3 is 2.38 bits per heavy atom. The fraction of sp³-hybridized carbons (Fsp3) is 0.438. The standard InChI is InChI=1S/C16H21NO3S/c1-12(2)10-16(18)17(14-6-4-13(3)5-7-14)15-8-9-21(19,20)11-15/h4-9,12,15H,10-11H2,1-3H3/t15-/m0/s1. The summed E-state index contributed by atoms with van der Waals surface area (Å²) >= 11 is 0. The molecule has 114 valence electrons. The minimum absolute atomic E-state index is 0.0370. The molecule has 0 aliphatic carbocycles. The van der Waals surface area contributed by atoms with E-state index in [0.29, 0.717) is 6.42 Å². The van der Waals surface area contributed by atoms with Gasteiger partial charge in [0.15, 0.2) is 9.84 Å². The zero-order valence-corrected chi connectivity index (χ0v) is 13.4. The Labute approximate surface area is 126 Å². The van der Waals surface area contributed by atoms with Crippen molar-refractivity contribution >= 4 is 21.4 Å². The first-order chi connectivity index (χ1) is 9.78. The van der Waals surface area contributed by atoms with Gasteiger partial charge in [-0.2, -0.15) is 0 Å². The molecule has 0 unspecified atom stereocenters. The second kappa shape index (κ2) is 6.02. The van der Waals surface area contributed by atoms with Crippen molar-refractivity contribution in [2.45, 2.75) is 33.2 Å². The Balaban J connectivity index is 2.33. The molecule has 0 radical (unpaired) electrons. The Morgan fingerprint density at radius 2 is 1.90 bits per heavy atom. The average Bonchev–Trinajstić information content (AvgIpc) is 2.71. The van der Waals surface area contributed by atoms with E-state index in [2.05, 4.69) is 0 Å². The van der Waals surface area contributed by atoms with Gasteiger partial charge in [-0.3, -0.25) is 4.79 Å². The van der Waals surface area contributed by atoms with Crippen molar-refractivity contribution in [3.8, 4) is 0 Å². The number of carbonyl (C=O) groups excluding carboxylic acids is 1. The van der Waals surface area contributed by atoms with Crippen LogP contribution in [0.15, 0.2) is 35.7 Å². The van der Waals surface area contributed by atoms with Crippen LogP contribution in [0, 0.1) is 12.8 Å². The lowest BCUT2D eigenvalue weighted by atomic mass is 10.1. The number of sulfone groups is 1. The molecule has 1 aromatic carbocycles. The molecule has 21 heavy (non-hydrogen) atoms. The second-order valence-electron chi connectivity index (χ2n) is 5.92. The third-order valence-electron chi connectivity index (χ3n) is 3.41. The Morgan fingerprint density at radius 1 is 1.29 bits per heavy atom. The smallest absolute Gasteiger partial charge is 0.227 e. The van der Waals surface area contributed by atoms with Gasteiger partial charge in [-0.05, 0) is 31.1 Å². The van der Waals surface area contributed by atoms with Gasteiger partial charge in [0.1, 0.15) is 0 Å². The number of hydrogen-bond donors (Lipinski definition) is 0. The number of carbonyl (C=O) groups is 1. The monoisotopic (exact) mass is 307 g/mol. The van der Waals surface area contributed by atoms with Gasteiger partial charge in [0, 0.05) is 17.5 Å². The molecule has 1 amide bonds. The van der Waals surface area contributed by atoms with Crippen molar-refractivity contribution in [2.75, 3.05) is 10.7 Å². The molecule has 0 saturated heterocycles. The van der Waals surface area contributed by atoms with E-state index in [9.17, 15) is 13.2 Å². The molecule has 2 rings (SSSR count). The van der Waals surface area contributed by atoms with Crippen LogP contribution < -0.4 is 4.90 Å². The largest absolute Gasteiger partial charge is 0.304 e. The summed E-state index contributed by atoms with van der Waals surface area (Å²) in [6, 6.07) is 7.18. The van der Waals surface area contributed by atoms with Gasteiger partial charge in [-0.1, -0.05) is 31.5 Å². The van der Waals surface area contributed by atoms with Gasteiger partial charge in [0.2, 0.25) is 5.91 Å². The first-order valence-corrected chi connectivity index (χ1v) is 8.80. The average molecular weight is 307 g/mol. The van der Waals surface area contributed by atoms with Crippen LogP contribution in [0.1, 0.15) is 25.8 Å². The lowest BCUT2D eigenvalue weighted by Gasteiger charge is -2.28. The SMILES string of the molecule is Cc1ccc(N(C(=O)CC(C)C)[C@H]2C=CS(=O)(=O)C2)cc1. The summed E-state index contributed by atoms with van der Waals surface area (Å²) < 4.78 is 23.3. The topological polar surface area (TPSA) is 54.5 Å². The van der Waals surface area contributed by atoms with E-state index >= 15 is 0 Å². The quantitative estimate of drug-likeness (QED) is 0.859. The zero-order valence-electron chi connectivity index (χ0n) is 12.6. The number of rotatable bonds is 4. The van der Waals surface area contributed by atoms with E-state index in [1.807, 2.05) is 45.0 Å². The van der Waals surface area contributed by atoms with Crippen LogP contribution in [0.2, 0.25) is 0 Å². The molecule has 0 spiro atoms. The minimum atomic E-state index is -3.19. The molecule has 1 heterocycles. The number of benzene rings is 1.